The molecule has 1 unspecified atom stereocenters. The highest BCUT2D eigenvalue weighted by Gasteiger charge is 2.25. The van der Waals surface area contributed by atoms with E-state index in [4.69, 9.17) is 0 Å². The highest BCUT2D eigenvalue weighted by molar-refractivity contribution is 5.74. The van der Waals surface area contributed by atoms with E-state index in [1.807, 2.05) is 13.8 Å². The Morgan fingerprint density at radius 2 is 2.13 bits per heavy atom. The van der Waals surface area contributed by atoms with Crippen molar-refractivity contribution in [2.75, 3.05) is 25.0 Å². The van der Waals surface area contributed by atoms with E-state index in [9.17, 15) is 9.90 Å². The number of anilines is 1. The van der Waals surface area contributed by atoms with Gasteiger partial charge >= 0.3 is 6.03 Å². The van der Waals surface area contributed by atoms with Gasteiger partial charge in [0.15, 0.2) is 0 Å². The zero-order chi connectivity index (χ0) is 17.0. The second-order valence-corrected chi connectivity index (χ2v) is 7.04. The van der Waals surface area contributed by atoms with Crippen molar-refractivity contribution in [3.8, 4) is 0 Å². The molecule has 2 rings (SSSR count). The van der Waals surface area contributed by atoms with E-state index in [-0.39, 0.29) is 18.5 Å². The molecule has 23 heavy (non-hydrogen) atoms. The minimum Gasteiger partial charge on any atom is -0.388 e. The average Bonchev–Trinajstić information content (AvgIpc) is 2.51. The molecule has 0 fully saturated rings. The van der Waals surface area contributed by atoms with Crippen LogP contribution in [0.15, 0.2) is 18.2 Å². The summed E-state index contributed by atoms with van der Waals surface area (Å²) in [5.74, 6) is 0.0837. The van der Waals surface area contributed by atoms with Crippen molar-refractivity contribution in [2.24, 2.45) is 5.92 Å². The summed E-state index contributed by atoms with van der Waals surface area (Å²) >= 11 is 0. The molecule has 2 amide bonds. The summed E-state index contributed by atoms with van der Waals surface area (Å²) in [6, 6.07) is 6.12. The number of nitrogens with zero attached hydrogens (tertiary/aromatic N) is 1. The number of carbonyl (C=O) groups excluding carboxylic acids is 1. The molecule has 1 aliphatic rings. The number of hydrogen-bond acceptors (Lipinski definition) is 3. The van der Waals surface area contributed by atoms with Crippen LogP contribution in [0.5, 0.6) is 0 Å². The highest BCUT2D eigenvalue weighted by atomic mass is 16.3. The quantitative estimate of drug-likeness (QED) is 0.780. The van der Waals surface area contributed by atoms with E-state index in [0.29, 0.717) is 6.54 Å². The summed E-state index contributed by atoms with van der Waals surface area (Å²) < 4.78 is 0. The molecule has 5 heteroatoms. The Labute approximate surface area is 139 Å². The Morgan fingerprint density at radius 3 is 2.83 bits per heavy atom. The van der Waals surface area contributed by atoms with E-state index in [2.05, 4.69) is 40.8 Å². The smallest absolute Gasteiger partial charge is 0.315 e. The van der Waals surface area contributed by atoms with Gasteiger partial charge in [-0.25, -0.2) is 4.79 Å². The molecule has 1 heterocycles. The molecule has 1 aliphatic heterocycles. The predicted octanol–water partition coefficient (Wildman–Crippen LogP) is 2.28. The first-order valence-electron chi connectivity index (χ1n) is 8.36. The van der Waals surface area contributed by atoms with E-state index >= 15 is 0 Å². The summed E-state index contributed by atoms with van der Waals surface area (Å²) in [7, 11) is 2.12. The van der Waals surface area contributed by atoms with Crippen molar-refractivity contribution in [1.82, 2.24) is 10.6 Å². The van der Waals surface area contributed by atoms with Crippen molar-refractivity contribution in [1.29, 1.82) is 0 Å². The first-order valence-corrected chi connectivity index (χ1v) is 8.36. The Morgan fingerprint density at radius 1 is 1.39 bits per heavy atom. The fraction of sp³-hybridized carbons (Fsp3) is 0.611. The number of rotatable bonds is 5. The molecule has 0 saturated heterocycles. The van der Waals surface area contributed by atoms with E-state index in [0.717, 1.165) is 18.5 Å². The van der Waals surface area contributed by atoms with Crippen molar-refractivity contribution < 1.29 is 9.90 Å². The molecule has 0 spiro atoms. The van der Waals surface area contributed by atoms with Crippen LogP contribution in [-0.4, -0.2) is 36.9 Å². The second-order valence-electron chi connectivity index (χ2n) is 7.04. The number of carbonyl (C=O) groups is 1. The lowest BCUT2D eigenvalue weighted by atomic mass is 9.93. The lowest BCUT2D eigenvalue weighted by Gasteiger charge is -2.28. The molecule has 1 atom stereocenters. The number of benzene rings is 1. The first kappa shape index (κ1) is 17.6. The zero-order valence-electron chi connectivity index (χ0n) is 14.6. The summed E-state index contributed by atoms with van der Waals surface area (Å²) in [5.41, 5.74) is 2.84. The molecule has 0 aliphatic carbocycles. The lowest BCUT2D eigenvalue weighted by molar-refractivity contribution is 0.0166. The molecular formula is C18H29N3O2. The number of aryl methyl sites for hydroxylation is 1. The standard InChI is InChI=1S/C18H29N3O2/c1-13(2)18(3,23)12-20-17(22)19-11-14-7-8-16-15(10-14)6-5-9-21(16)4/h7-8,10,13,23H,5-6,9,11-12H2,1-4H3,(H2,19,20,22). The van der Waals surface area contributed by atoms with Crippen LogP contribution in [0.2, 0.25) is 0 Å². The number of aliphatic hydroxyl groups is 1. The van der Waals surface area contributed by atoms with Gasteiger partial charge in [-0.15, -0.1) is 0 Å². The van der Waals surface area contributed by atoms with Gasteiger partial charge in [0.2, 0.25) is 0 Å². The molecule has 1 aromatic rings. The monoisotopic (exact) mass is 319 g/mol. The molecule has 0 saturated carbocycles. The number of nitrogens with one attached hydrogen (secondary N) is 2. The minimum atomic E-state index is -0.895. The number of urea groups is 1. The van der Waals surface area contributed by atoms with Gasteiger partial charge in [0.25, 0.3) is 0 Å². The Hall–Kier alpha value is -1.75. The predicted molar refractivity (Wildman–Crippen MR) is 93.7 cm³/mol. The van der Waals surface area contributed by atoms with Gasteiger partial charge in [-0.2, -0.15) is 0 Å². The molecule has 0 aromatic heterocycles. The van der Waals surface area contributed by atoms with Crippen LogP contribution in [0.3, 0.4) is 0 Å². The maximum Gasteiger partial charge on any atom is 0.315 e. The van der Waals surface area contributed by atoms with Gasteiger partial charge in [-0.05, 0) is 42.9 Å². The van der Waals surface area contributed by atoms with Crippen LogP contribution < -0.4 is 15.5 Å². The Bertz CT molecular complexity index is 555. The largest absolute Gasteiger partial charge is 0.388 e. The minimum absolute atomic E-state index is 0.0837. The van der Waals surface area contributed by atoms with Gasteiger partial charge < -0.3 is 20.6 Å². The summed E-state index contributed by atoms with van der Waals surface area (Å²) in [5, 5.41) is 15.7. The SMILES string of the molecule is CC(C)C(C)(O)CNC(=O)NCc1ccc2c(c1)CCCN2C. The first-order chi connectivity index (χ1) is 10.8. The van der Waals surface area contributed by atoms with Crippen molar-refractivity contribution in [2.45, 2.75) is 45.8 Å². The summed E-state index contributed by atoms with van der Waals surface area (Å²) in [6.07, 6.45) is 2.27. The van der Waals surface area contributed by atoms with Gasteiger partial charge in [0.05, 0.1) is 5.60 Å². The molecule has 1 aromatic carbocycles. The normalized spacial score (nSPS) is 16.7. The number of hydrogen-bond donors (Lipinski definition) is 3. The topological polar surface area (TPSA) is 64.6 Å². The maximum absolute atomic E-state index is 11.9. The lowest BCUT2D eigenvalue weighted by Crippen LogP contribution is -2.47. The van der Waals surface area contributed by atoms with Gasteiger partial charge in [0, 0.05) is 32.4 Å². The van der Waals surface area contributed by atoms with Crippen molar-refractivity contribution in [3.05, 3.63) is 29.3 Å². The van der Waals surface area contributed by atoms with Crippen LogP contribution >= 0.6 is 0 Å². The summed E-state index contributed by atoms with van der Waals surface area (Å²) in [6.45, 7) is 7.44. The fourth-order valence-corrected chi connectivity index (χ4v) is 2.66. The molecule has 5 nitrogen and oxygen atoms in total. The van der Waals surface area contributed by atoms with Crippen LogP contribution in [0, 0.1) is 5.92 Å². The van der Waals surface area contributed by atoms with Crippen LogP contribution in [0.1, 0.15) is 38.3 Å². The maximum atomic E-state index is 11.9. The molecule has 0 bridgehead atoms. The average molecular weight is 319 g/mol. The molecular weight excluding hydrogens is 290 g/mol. The van der Waals surface area contributed by atoms with Crippen LogP contribution in [0.4, 0.5) is 10.5 Å². The molecule has 0 radical (unpaired) electrons. The highest BCUT2D eigenvalue weighted by Crippen LogP contribution is 2.26. The third-order valence-electron chi connectivity index (χ3n) is 4.80. The summed E-state index contributed by atoms with van der Waals surface area (Å²) in [4.78, 5) is 14.2. The second kappa shape index (κ2) is 7.21. The third kappa shape index (κ3) is 4.61. The fourth-order valence-electron chi connectivity index (χ4n) is 2.66. The molecule has 128 valence electrons. The van der Waals surface area contributed by atoms with Gasteiger partial charge in [-0.3, -0.25) is 0 Å². The van der Waals surface area contributed by atoms with E-state index < -0.39 is 5.60 Å². The van der Waals surface area contributed by atoms with E-state index in [1.54, 1.807) is 6.92 Å². The van der Waals surface area contributed by atoms with Gasteiger partial charge in [0.1, 0.15) is 0 Å². The Balaban J connectivity index is 1.85. The third-order valence-corrected chi connectivity index (χ3v) is 4.80. The van der Waals surface area contributed by atoms with Crippen LogP contribution in [0.25, 0.3) is 0 Å². The number of amides is 2. The van der Waals surface area contributed by atoms with Gasteiger partial charge in [-0.1, -0.05) is 26.0 Å². The van der Waals surface area contributed by atoms with Crippen molar-refractivity contribution in [3.63, 3.8) is 0 Å². The van der Waals surface area contributed by atoms with Crippen molar-refractivity contribution >= 4 is 11.7 Å². The van der Waals surface area contributed by atoms with Crippen LogP contribution in [-0.2, 0) is 13.0 Å². The molecule has 3 N–H and O–H groups in total. The van der Waals surface area contributed by atoms with E-state index in [1.165, 1.54) is 17.7 Å². The zero-order valence-corrected chi connectivity index (χ0v) is 14.6. The Kier molecular flexibility index (Phi) is 5.52. The number of fused-ring (bicyclic) bond motifs is 1.